The first kappa shape index (κ1) is 23.1. The molecule has 0 radical (unpaired) electrons. The van der Waals surface area contributed by atoms with Gasteiger partial charge in [-0.1, -0.05) is 42.5 Å². The Balaban J connectivity index is 1.63. The number of para-hydroxylation sites is 1. The van der Waals surface area contributed by atoms with Crippen molar-refractivity contribution in [1.82, 2.24) is 15.4 Å². The van der Waals surface area contributed by atoms with Crippen molar-refractivity contribution in [3.05, 3.63) is 65.2 Å². The van der Waals surface area contributed by atoms with Crippen LogP contribution in [0.1, 0.15) is 37.5 Å². The molecule has 0 fully saturated rings. The Kier molecular flexibility index (Phi) is 7.92. The maximum atomic E-state index is 12.4. The first-order valence-corrected chi connectivity index (χ1v) is 12.3. The van der Waals surface area contributed by atoms with E-state index in [4.69, 9.17) is 4.74 Å². The number of fused-ring (bicyclic) bond motifs is 1. The van der Waals surface area contributed by atoms with E-state index in [2.05, 4.69) is 26.4 Å². The second-order valence-electron chi connectivity index (χ2n) is 7.93. The molecule has 1 atom stereocenters. The van der Waals surface area contributed by atoms with E-state index in [-0.39, 0.29) is 17.9 Å². The normalized spacial score (nSPS) is 16.1. The largest absolute Gasteiger partial charge is 0.488 e. The van der Waals surface area contributed by atoms with Gasteiger partial charge in [0.2, 0.25) is 10.0 Å². The van der Waals surface area contributed by atoms with Gasteiger partial charge in [0.1, 0.15) is 11.9 Å². The molecule has 1 aliphatic rings. The summed E-state index contributed by atoms with van der Waals surface area (Å²) in [6, 6.07) is 15.5. The fraction of sp³-hybridized carbons (Fsp3) is 0.435. The summed E-state index contributed by atoms with van der Waals surface area (Å²) < 4.78 is 33.3. The number of hydrogen-bond donors (Lipinski definition) is 3. The smallest absolute Gasteiger partial charge is 0.216 e. The summed E-state index contributed by atoms with van der Waals surface area (Å²) in [7, 11) is -3.40. The molecule has 0 bridgehead atoms. The lowest BCUT2D eigenvalue weighted by atomic mass is 10.1. The molecule has 0 amide bonds. The van der Waals surface area contributed by atoms with Crippen LogP contribution in [0.5, 0.6) is 5.75 Å². The Hall–Kier alpha value is -2.58. The van der Waals surface area contributed by atoms with Gasteiger partial charge in [-0.15, -0.1) is 0 Å². The van der Waals surface area contributed by atoms with Crippen molar-refractivity contribution in [3.8, 4) is 5.75 Å². The molecule has 1 heterocycles. The van der Waals surface area contributed by atoms with E-state index in [9.17, 15) is 8.42 Å². The van der Waals surface area contributed by atoms with Gasteiger partial charge in [-0.05, 0) is 43.5 Å². The standard InChI is InChI=1S/C23H32N4O3S/c1-4-24-23(26-15-21-13-18-9-7-8-12-22(18)30-21)25-14-19-10-5-6-11-20(19)16-31(28,29)27-17(2)3/h5-12,17,21,27H,4,13-16H2,1-3H3,(H2,24,25,26). The van der Waals surface area contributed by atoms with Crippen molar-refractivity contribution in [2.24, 2.45) is 4.99 Å². The van der Waals surface area contributed by atoms with Crippen LogP contribution in [-0.2, 0) is 28.7 Å². The third-order valence-electron chi connectivity index (χ3n) is 4.84. The quantitative estimate of drug-likeness (QED) is 0.408. The maximum absolute atomic E-state index is 12.4. The molecule has 0 aromatic heterocycles. The minimum Gasteiger partial charge on any atom is -0.488 e. The van der Waals surface area contributed by atoms with Crippen LogP contribution < -0.4 is 20.1 Å². The van der Waals surface area contributed by atoms with Crippen molar-refractivity contribution >= 4 is 16.0 Å². The number of aliphatic imine (C=N–C) groups is 1. The molecule has 0 saturated heterocycles. The molecule has 0 aliphatic carbocycles. The van der Waals surface area contributed by atoms with Gasteiger partial charge >= 0.3 is 0 Å². The summed E-state index contributed by atoms with van der Waals surface area (Å²) in [5.74, 6) is 1.57. The van der Waals surface area contributed by atoms with E-state index >= 15 is 0 Å². The Labute approximate surface area is 185 Å². The van der Waals surface area contributed by atoms with Gasteiger partial charge in [0, 0.05) is 19.0 Å². The number of guanidine groups is 1. The van der Waals surface area contributed by atoms with E-state index in [0.29, 0.717) is 19.0 Å². The lowest BCUT2D eigenvalue weighted by Gasteiger charge is -2.16. The predicted molar refractivity (Wildman–Crippen MR) is 125 cm³/mol. The van der Waals surface area contributed by atoms with Gasteiger partial charge in [-0.25, -0.2) is 18.1 Å². The lowest BCUT2D eigenvalue weighted by Crippen LogP contribution is -2.42. The predicted octanol–water partition coefficient (Wildman–Crippen LogP) is 2.57. The maximum Gasteiger partial charge on any atom is 0.216 e. The van der Waals surface area contributed by atoms with E-state index in [1.54, 1.807) is 0 Å². The molecule has 168 valence electrons. The molecule has 0 spiro atoms. The highest BCUT2D eigenvalue weighted by Gasteiger charge is 2.22. The third-order valence-corrected chi connectivity index (χ3v) is 6.36. The third kappa shape index (κ3) is 6.97. The molecule has 7 nitrogen and oxygen atoms in total. The van der Waals surface area contributed by atoms with E-state index in [0.717, 1.165) is 29.8 Å². The van der Waals surface area contributed by atoms with Crippen LogP contribution >= 0.6 is 0 Å². The fourth-order valence-electron chi connectivity index (χ4n) is 3.54. The molecule has 1 unspecified atom stereocenters. The summed E-state index contributed by atoms with van der Waals surface area (Å²) >= 11 is 0. The molecule has 0 saturated carbocycles. The molecular formula is C23H32N4O3S. The minimum atomic E-state index is -3.40. The van der Waals surface area contributed by atoms with Crippen LogP contribution in [0.4, 0.5) is 0 Å². The molecule has 3 N–H and O–H groups in total. The first-order valence-electron chi connectivity index (χ1n) is 10.7. The average molecular weight is 445 g/mol. The number of sulfonamides is 1. The highest BCUT2D eigenvalue weighted by molar-refractivity contribution is 7.88. The molecule has 31 heavy (non-hydrogen) atoms. The SMILES string of the molecule is CCNC(=NCc1ccccc1CS(=O)(=O)NC(C)C)NCC1Cc2ccccc2O1. The summed E-state index contributed by atoms with van der Waals surface area (Å²) in [4.78, 5) is 4.67. The number of nitrogens with zero attached hydrogens (tertiary/aromatic N) is 1. The zero-order valence-corrected chi connectivity index (χ0v) is 19.2. The van der Waals surface area contributed by atoms with Crippen LogP contribution in [0, 0.1) is 0 Å². The van der Waals surface area contributed by atoms with Crippen molar-refractivity contribution < 1.29 is 13.2 Å². The van der Waals surface area contributed by atoms with Crippen LogP contribution in [-0.4, -0.2) is 39.6 Å². The summed E-state index contributed by atoms with van der Waals surface area (Å²) in [6.45, 7) is 7.38. The van der Waals surface area contributed by atoms with Crippen molar-refractivity contribution in [3.63, 3.8) is 0 Å². The Morgan fingerprint density at radius 1 is 1.10 bits per heavy atom. The fourth-order valence-corrected chi connectivity index (χ4v) is 5.03. The number of nitrogens with one attached hydrogen (secondary N) is 3. The van der Waals surface area contributed by atoms with Crippen LogP contribution in [0.15, 0.2) is 53.5 Å². The summed E-state index contributed by atoms with van der Waals surface area (Å²) in [6.07, 6.45) is 0.923. The Morgan fingerprint density at radius 3 is 2.52 bits per heavy atom. The zero-order valence-electron chi connectivity index (χ0n) is 18.4. The number of rotatable bonds is 9. The number of benzene rings is 2. The number of ether oxygens (including phenoxy) is 1. The van der Waals surface area contributed by atoms with E-state index in [1.165, 1.54) is 5.56 Å². The Bertz CT molecular complexity index is 980. The van der Waals surface area contributed by atoms with Crippen molar-refractivity contribution in [2.45, 2.75) is 51.6 Å². The van der Waals surface area contributed by atoms with Gasteiger partial charge in [0.05, 0.1) is 18.8 Å². The zero-order chi connectivity index (χ0) is 22.3. The van der Waals surface area contributed by atoms with E-state index < -0.39 is 10.0 Å². The highest BCUT2D eigenvalue weighted by atomic mass is 32.2. The first-order chi connectivity index (χ1) is 14.9. The second-order valence-corrected chi connectivity index (χ2v) is 9.68. The number of hydrogen-bond acceptors (Lipinski definition) is 4. The second kappa shape index (κ2) is 10.6. The van der Waals surface area contributed by atoms with Gasteiger partial charge in [0.15, 0.2) is 5.96 Å². The topological polar surface area (TPSA) is 91.8 Å². The Morgan fingerprint density at radius 2 is 1.81 bits per heavy atom. The van der Waals surface area contributed by atoms with Gasteiger partial charge in [-0.2, -0.15) is 0 Å². The van der Waals surface area contributed by atoms with Gasteiger partial charge in [0.25, 0.3) is 0 Å². The minimum absolute atomic E-state index is 0.0563. The van der Waals surface area contributed by atoms with E-state index in [1.807, 2.05) is 63.2 Å². The lowest BCUT2D eigenvalue weighted by molar-refractivity contribution is 0.235. The van der Waals surface area contributed by atoms with Crippen molar-refractivity contribution in [2.75, 3.05) is 13.1 Å². The monoisotopic (exact) mass is 444 g/mol. The molecule has 8 heteroatoms. The molecule has 2 aromatic carbocycles. The average Bonchev–Trinajstić information content (AvgIpc) is 3.13. The molecule has 2 aromatic rings. The van der Waals surface area contributed by atoms with Crippen LogP contribution in [0.25, 0.3) is 0 Å². The molecular weight excluding hydrogens is 412 g/mol. The molecule has 3 rings (SSSR count). The molecule has 1 aliphatic heterocycles. The van der Waals surface area contributed by atoms with Crippen LogP contribution in [0.2, 0.25) is 0 Å². The van der Waals surface area contributed by atoms with Crippen molar-refractivity contribution in [1.29, 1.82) is 0 Å². The van der Waals surface area contributed by atoms with Gasteiger partial charge in [-0.3, -0.25) is 0 Å². The summed E-state index contributed by atoms with van der Waals surface area (Å²) in [5, 5.41) is 6.59. The highest BCUT2D eigenvalue weighted by Crippen LogP contribution is 2.27. The van der Waals surface area contributed by atoms with Crippen LogP contribution in [0.3, 0.4) is 0 Å². The summed E-state index contributed by atoms with van der Waals surface area (Å²) in [5.41, 5.74) is 2.87. The van der Waals surface area contributed by atoms with Gasteiger partial charge < -0.3 is 15.4 Å².